The number of hydrogen-bond donors (Lipinski definition) is 1. The fraction of sp³-hybridized carbons (Fsp3) is 0.500. The van der Waals surface area contributed by atoms with Gasteiger partial charge in [-0.1, -0.05) is 17.3 Å². The lowest BCUT2D eigenvalue weighted by Gasteiger charge is -2.34. The van der Waals surface area contributed by atoms with E-state index in [-0.39, 0.29) is 12.0 Å². The number of carbonyl (C=O) groups excluding carboxylic acids is 1. The summed E-state index contributed by atoms with van der Waals surface area (Å²) in [4.78, 5) is 14.0. The number of ether oxygens (including phenoxy) is 1. The van der Waals surface area contributed by atoms with Crippen LogP contribution in [0.1, 0.15) is 29.6 Å². The molecule has 2 aliphatic carbocycles. The van der Waals surface area contributed by atoms with Crippen LogP contribution in [-0.2, 0) is 4.74 Å². The first-order valence-corrected chi connectivity index (χ1v) is 7.29. The predicted octanol–water partition coefficient (Wildman–Crippen LogP) is 2.54. The van der Waals surface area contributed by atoms with E-state index in [9.17, 15) is 10.0 Å². The number of oxime groups is 1. The molecule has 2 fully saturated rings. The molecule has 1 N–H and O–H groups in total. The Morgan fingerprint density at radius 3 is 2.86 bits per heavy atom. The van der Waals surface area contributed by atoms with E-state index in [1.54, 1.807) is 6.07 Å². The van der Waals surface area contributed by atoms with Gasteiger partial charge in [-0.2, -0.15) is 0 Å². The number of methoxy groups -OCH3 is 1. The van der Waals surface area contributed by atoms with Crippen LogP contribution < -0.4 is 4.90 Å². The summed E-state index contributed by atoms with van der Waals surface area (Å²) in [5.41, 5.74) is 2.22. The quantitative estimate of drug-likeness (QED) is 0.527. The standard InChI is InChI=1S/C16H20N2O3/c1-18(13-6-4-3-5-12(13)16(19)21-2)15-11-8-7-10(9-11)14(15)17-20/h3-6,10-11,15,20H,7-9H2,1-2H3/b17-14-/t10-,11-,15-/m0/s1. The summed E-state index contributed by atoms with van der Waals surface area (Å²) in [5, 5.41) is 12.9. The highest BCUT2D eigenvalue weighted by Gasteiger charge is 2.47. The molecule has 3 atom stereocenters. The van der Waals surface area contributed by atoms with Crippen LogP contribution in [0, 0.1) is 11.8 Å². The number of hydrogen-bond acceptors (Lipinski definition) is 5. The molecule has 2 saturated carbocycles. The van der Waals surface area contributed by atoms with Gasteiger partial charge in [0.2, 0.25) is 0 Å². The van der Waals surface area contributed by atoms with Gasteiger partial charge >= 0.3 is 5.97 Å². The molecule has 2 aliphatic rings. The summed E-state index contributed by atoms with van der Waals surface area (Å²) in [5.74, 6) is 0.539. The van der Waals surface area contributed by atoms with Gasteiger partial charge in [0.05, 0.1) is 30.1 Å². The summed E-state index contributed by atoms with van der Waals surface area (Å²) in [6, 6.07) is 7.47. The maximum absolute atomic E-state index is 11.9. The molecule has 112 valence electrons. The highest BCUT2D eigenvalue weighted by molar-refractivity contribution is 6.00. The molecule has 0 aliphatic heterocycles. The van der Waals surface area contributed by atoms with E-state index in [2.05, 4.69) is 10.1 Å². The zero-order valence-corrected chi connectivity index (χ0v) is 12.3. The summed E-state index contributed by atoms with van der Waals surface area (Å²) in [6.07, 6.45) is 3.33. The molecule has 0 spiro atoms. The van der Waals surface area contributed by atoms with Crippen molar-refractivity contribution in [2.24, 2.45) is 17.0 Å². The third kappa shape index (κ3) is 2.17. The van der Waals surface area contributed by atoms with E-state index in [0.717, 1.165) is 30.7 Å². The highest BCUT2D eigenvalue weighted by atomic mass is 16.5. The Kier molecular flexibility index (Phi) is 3.57. The number of esters is 1. The zero-order valence-electron chi connectivity index (χ0n) is 12.3. The van der Waals surface area contributed by atoms with Gasteiger partial charge in [0.15, 0.2) is 0 Å². The third-order valence-corrected chi connectivity index (χ3v) is 4.86. The van der Waals surface area contributed by atoms with Gasteiger partial charge in [0, 0.05) is 13.0 Å². The molecular formula is C16H20N2O3. The number of carbonyl (C=O) groups is 1. The summed E-state index contributed by atoms with van der Waals surface area (Å²) < 4.78 is 4.86. The minimum absolute atomic E-state index is 0.0690. The predicted molar refractivity (Wildman–Crippen MR) is 80.0 cm³/mol. The topological polar surface area (TPSA) is 62.1 Å². The summed E-state index contributed by atoms with van der Waals surface area (Å²) in [6.45, 7) is 0. The lowest BCUT2D eigenvalue weighted by Crippen LogP contribution is -2.43. The van der Waals surface area contributed by atoms with Gasteiger partial charge in [-0.25, -0.2) is 4.79 Å². The Labute approximate surface area is 124 Å². The maximum Gasteiger partial charge on any atom is 0.339 e. The van der Waals surface area contributed by atoms with Crippen molar-refractivity contribution in [3.8, 4) is 0 Å². The van der Waals surface area contributed by atoms with Crippen molar-refractivity contribution < 1.29 is 14.7 Å². The van der Waals surface area contributed by atoms with Crippen LogP contribution in [0.3, 0.4) is 0 Å². The number of rotatable bonds is 3. The molecule has 0 heterocycles. The van der Waals surface area contributed by atoms with Crippen molar-refractivity contribution in [3.63, 3.8) is 0 Å². The SMILES string of the molecule is COC(=O)c1ccccc1N(C)[C@@H]1/C(=N\O)[C@H]2CC[C@H]1C2. The summed E-state index contributed by atoms with van der Waals surface area (Å²) >= 11 is 0. The second-order valence-corrected chi connectivity index (χ2v) is 5.86. The molecule has 5 nitrogen and oxygen atoms in total. The van der Waals surface area contributed by atoms with Crippen molar-refractivity contribution >= 4 is 17.4 Å². The number of benzene rings is 1. The van der Waals surface area contributed by atoms with Crippen molar-refractivity contribution in [1.29, 1.82) is 0 Å². The fourth-order valence-corrected chi connectivity index (χ4v) is 3.92. The Balaban J connectivity index is 1.96. The van der Waals surface area contributed by atoms with Crippen LogP contribution in [-0.4, -0.2) is 37.1 Å². The summed E-state index contributed by atoms with van der Waals surface area (Å²) in [7, 11) is 3.34. The molecule has 0 amide bonds. The Bertz CT molecular complexity index is 585. The van der Waals surface area contributed by atoms with E-state index >= 15 is 0 Å². The van der Waals surface area contributed by atoms with E-state index in [4.69, 9.17) is 4.74 Å². The monoisotopic (exact) mass is 288 g/mol. The number of fused-ring (bicyclic) bond motifs is 2. The molecule has 5 heteroatoms. The van der Waals surface area contributed by atoms with Gasteiger partial charge in [0.25, 0.3) is 0 Å². The lowest BCUT2D eigenvalue weighted by molar-refractivity contribution is 0.0601. The van der Waals surface area contributed by atoms with Gasteiger partial charge in [0.1, 0.15) is 0 Å². The molecule has 2 bridgehead atoms. The molecule has 1 aromatic rings. The van der Waals surface area contributed by atoms with Crippen molar-refractivity contribution in [3.05, 3.63) is 29.8 Å². The van der Waals surface area contributed by atoms with E-state index in [1.165, 1.54) is 7.11 Å². The van der Waals surface area contributed by atoms with Gasteiger partial charge in [-0.15, -0.1) is 0 Å². The van der Waals surface area contributed by atoms with E-state index in [1.807, 2.05) is 25.2 Å². The minimum atomic E-state index is -0.344. The first-order chi connectivity index (χ1) is 10.2. The van der Waals surface area contributed by atoms with E-state index in [0.29, 0.717) is 17.4 Å². The highest BCUT2D eigenvalue weighted by Crippen LogP contribution is 2.45. The normalized spacial score (nSPS) is 28.9. The molecular weight excluding hydrogens is 268 g/mol. The van der Waals surface area contributed by atoms with Crippen LogP contribution in [0.15, 0.2) is 29.4 Å². The Hall–Kier alpha value is -2.04. The van der Waals surface area contributed by atoms with E-state index < -0.39 is 0 Å². The van der Waals surface area contributed by atoms with Crippen molar-refractivity contribution in [2.45, 2.75) is 25.3 Å². The average molecular weight is 288 g/mol. The molecule has 3 rings (SSSR count). The number of anilines is 1. The molecule has 0 aromatic heterocycles. The van der Waals surface area contributed by atoms with Gasteiger partial charge < -0.3 is 14.8 Å². The maximum atomic E-state index is 11.9. The van der Waals surface area contributed by atoms with Crippen LogP contribution >= 0.6 is 0 Å². The lowest BCUT2D eigenvalue weighted by atomic mass is 9.91. The Morgan fingerprint density at radius 2 is 2.14 bits per heavy atom. The van der Waals surface area contributed by atoms with Crippen molar-refractivity contribution in [1.82, 2.24) is 0 Å². The van der Waals surface area contributed by atoms with Gasteiger partial charge in [-0.3, -0.25) is 0 Å². The van der Waals surface area contributed by atoms with Crippen LogP contribution in [0.4, 0.5) is 5.69 Å². The largest absolute Gasteiger partial charge is 0.465 e. The average Bonchev–Trinajstić information content (AvgIpc) is 3.14. The molecule has 0 saturated heterocycles. The second-order valence-electron chi connectivity index (χ2n) is 5.86. The molecule has 1 aromatic carbocycles. The first kappa shape index (κ1) is 13.9. The van der Waals surface area contributed by atoms with Gasteiger partial charge in [-0.05, 0) is 37.3 Å². The van der Waals surface area contributed by atoms with Crippen LogP contribution in [0.25, 0.3) is 0 Å². The smallest absolute Gasteiger partial charge is 0.339 e. The van der Waals surface area contributed by atoms with Crippen LogP contribution in [0.2, 0.25) is 0 Å². The number of nitrogens with zero attached hydrogens (tertiary/aromatic N) is 2. The second kappa shape index (κ2) is 5.39. The minimum Gasteiger partial charge on any atom is -0.465 e. The Morgan fingerprint density at radius 1 is 1.38 bits per heavy atom. The third-order valence-electron chi connectivity index (χ3n) is 4.86. The van der Waals surface area contributed by atoms with Crippen LogP contribution in [0.5, 0.6) is 0 Å². The number of para-hydroxylation sites is 1. The molecule has 21 heavy (non-hydrogen) atoms. The fourth-order valence-electron chi connectivity index (χ4n) is 3.92. The zero-order chi connectivity index (χ0) is 15.0. The molecule has 0 radical (unpaired) electrons. The first-order valence-electron chi connectivity index (χ1n) is 7.29. The molecule has 0 unspecified atom stereocenters. The van der Waals surface area contributed by atoms with Crippen molar-refractivity contribution in [2.75, 3.05) is 19.1 Å².